The summed E-state index contributed by atoms with van der Waals surface area (Å²) in [4.78, 5) is 9.28. The molecule has 0 amide bonds. The van der Waals surface area contributed by atoms with E-state index in [9.17, 15) is 0 Å². The molecule has 100 valence electrons. The Labute approximate surface area is 123 Å². The minimum absolute atomic E-state index is 0.779. The Morgan fingerprint density at radius 3 is 2.62 bits per heavy atom. The normalized spacial score (nSPS) is 11.1. The quantitative estimate of drug-likeness (QED) is 0.466. The third-order valence-corrected chi connectivity index (χ3v) is 3.77. The van der Waals surface area contributed by atoms with Gasteiger partial charge in [-0.3, -0.25) is 0 Å². The van der Waals surface area contributed by atoms with Gasteiger partial charge in [-0.15, -0.1) is 0 Å². The van der Waals surface area contributed by atoms with Crippen LogP contribution in [0.15, 0.2) is 66.9 Å². The molecule has 0 aliphatic rings. The van der Waals surface area contributed by atoms with Crippen molar-refractivity contribution in [2.45, 2.75) is 6.92 Å². The van der Waals surface area contributed by atoms with E-state index in [0.29, 0.717) is 0 Å². The fourth-order valence-corrected chi connectivity index (χ4v) is 2.71. The minimum atomic E-state index is 0.779. The average Bonchev–Trinajstić information content (AvgIpc) is 2.54. The number of rotatable bonds is 1. The van der Waals surface area contributed by atoms with E-state index in [2.05, 4.69) is 66.5 Å². The third kappa shape index (κ3) is 2.05. The fourth-order valence-electron chi connectivity index (χ4n) is 2.71. The summed E-state index contributed by atoms with van der Waals surface area (Å²) < 4.78 is 0. The van der Waals surface area contributed by atoms with Crippen molar-refractivity contribution in [2.75, 3.05) is 0 Å². The van der Waals surface area contributed by atoms with Gasteiger partial charge >= 0.3 is 0 Å². The predicted octanol–water partition coefficient (Wildman–Crippen LogP) is 4.76. The second-order valence-electron chi connectivity index (χ2n) is 5.28. The van der Waals surface area contributed by atoms with E-state index in [1.807, 2.05) is 12.3 Å². The molecule has 0 aliphatic heterocycles. The lowest BCUT2D eigenvalue weighted by Crippen LogP contribution is -1.91. The smallest absolute Gasteiger partial charge is 0.159 e. The van der Waals surface area contributed by atoms with Crippen LogP contribution in [-0.4, -0.2) is 9.97 Å². The van der Waals surface area contributed by atoms with E-state index in [1.165, 1.54) is 16.3 Å². The summed E-state index contributed by atoms with van der Waals surface area (Å²) in [6.45, 7) is 2.08. The maximum atomic E-state index is 4.73. The fraction of sp³-hybridized carbons (Fsp3) is 0.0526. The molecule has 1 heterocycles. The Balaban J connectivity index is 1.97. The van der Waals surface area contributed by atoms with Gasteiger partial charge in [0.15, 0.2) is 5.82 Å². The van der Waals surface area contributed by atoms with Gasteiger partial charge in [0.05, 0.1) is 5.52 Å². The van der Waals surface area contributed by atoms with Crippen LogP contribution in [0.5, 0.6) is 0 Å². The molecule has 21 heavy (non-hydrogen) atoms. The van der Waals surface area contributed by atoms with Gasteiger partial charge in [0.2, 0.25) is 0 Å². The first-order chi connectivity index (χ1) is 10.3. The van der Waals surface area contributed by atoms with Crippen molar-refractivity contribution in [2.24, 2.45) is 0 Å². The summed E-state index contributed by atoms with van der Waals surface area (Å²) in [6, 6.07) is 20.8. The van der Waals surface area contributed by atoms with Gasteiger partial charge in [0, 0.05) is 17.1 Å². The van der Waals surface area contributed by atoms with E-state index in [4.69, 9.17) is 4.98 Å². The van der Waals surface area contributed by atoms with E-state index in [1.54, 1.807) is 0 Å². The Morgan fingerprint density at radius 1 is 0.810 bits per heavy atom. The molecular weight excluding hydrogens is 256 g/mol. The summed E-state index contributed by atoms with van der Waals surface area (Å²) in [7, 11) is 0. The number of nitrogens with zero attached hydrogens (tertiary/aromatic N) is 2. The molecule has 2 nitrogen and oxygen atoms in total. The van der Waals surface area contributed by atoms with Crippen LogP contribution >= 0.6 is 0 Å². The van der Waals surface area contributed by atoms with Crippen molar-refractivity contribution >= 4 is 21.7 Å². The van der Waals surface area contributed by atoms with Crippen LogP contribution in [-0.2, 0) is 0 Å². The largest absolute Gasteiger partial charge is 0.236 e. The predicted molar refractivity (Wildman–Crippen MR) is 87.2 cm³/mol. The minimum Gasteiger partial charge on any atom is -0.236 e. The van der Waals surface area contributed by atoms with Crippen LogP contribution in [0.25, 0.3) is 33.1 Å². The van der Waals surface area contributed by atoms with Gasteiger partial charge in [0.25, 0.3) is 0 Å². The van der Waals surface area contributed by atoms with Crippen molar-refractivity contribution in [3.05, 3.63) is 72.4 Å². The summed E-state index contributed by atoms with van der Waals surface area (Å²) in [5, 5.41) is 3.52. The van der Waals surface area contributed by atoms with E-state index in [0.717, 1.165) is 22.3 Å². The van der Waals surface area contributed by atoms with Crippen LogP contribution < -0.4 is 0 Å². The molecule has 0 unspecified atom stereocenters. The molecule has 0 atom stereocenters. The first-order valence-corrected chi connectivity index (χ1v) is 7.03. The standard InChI is InChI=1S/C19H14N2/c1-13-5-4-7-15(11-13)19-20-12-17-16-8-3-2-6-14(16)9-10-18(17)21-19/h2-12H,1H3. The Bertz CT molecular complexity index is 958. The Hall–Kier alpha value is -2.74. The monoisotopic (exact) mass is 270 g/mol. The van der Waals surface area contributed by atoms with Crippen molar-refractivity contribution in [1.82, 2.24) is 9.97 Å². The molecule has 3 aromatic carbocycles. The first-order valence-electron chi connectivity index (χ1n) is 7.03. The van der Waals surface area contributed by atoms with Gasteiger partial charge in [-0.2, -0.15) is 0 Å². The zero-order valence-corrected chi connectivity index (χ0v) is 11.7. The number of aryl methyl sites for hydroxylation is 1. The molecule has 0 N–H and O–H groups in total. The van der Waals surface area contributed by atoms with Gasteiger partial charge in [-0.05, 0) is 29.8 Å². The summed E-state index contributed by atoms with van der Waals surface area (Å²) in [5.41, 5.74) is 3.26. The second-order valence-corrected chi connectivity index (χ2v) is 5.28. The Morgan fingerprint density at radius 2 is 1.71 bits per heavy atom. The van der Waals surface area contributed by atoms with Crippen molar-refractivity contribution in [3.8, 4) is 11.4 Å². The molecule has 0 fully saturated rings. The van der Waals surface area contributed by atoms with Crippen LogP contribution in [0.1, 0.15) is 5.56 Å². The van der Waals surface area contributed by atoms with Gasteiger partial charge in [-0.25, -0.2) is 9.97 Å². The molecular formula is C19H14N2. The lowest BCUT2D eigenvalue weighted by Gasteiger charge is -2.06. The Kier molecular flexibility index (Phi) is 2.68. The zero-order valence-electron chi connectivity index (χ0n) is 11.7. The van der Waals surface area contributed by atoms with Crippen LogP contribution in [0, 0.1) is 6.92 Å². The number of benzene rings is 3. The molecule has 0 radical (unpaired) electrons. The lowest BCUT2D eigenvalue weighted by atomic mass is 10.1. The van der Waals surface area contributed by atoms with Crippen molar-refractivity contribution in [3.63, 3.8) is 0 Å². The van der Waals surface area contributed by atoms with E-state index < -0.39 is 0 Å². The first kappa shape index (κ1) is 12.0. The SMILES string of the molecule is Cc1cccc(-c2ncc3c(ccc4ccccc43)n2)c1. The topological polar surface area (TPSA) is 25.8 Å². The maximum absolute atomic E-state index is 4.73. The van der Waals surface area contributed by atoms with Crippen molar-refractivity contribution < 1.29 is 0 Å². The molecule has 4 rings (SSSR count). The zero-order chi connectivity index (χ0) is 14.2. The van der Waals surface area contributed by atoms with Crippen LogP contribution in [0.2, 0.25) is 0 Å². The van der Waals surface area contributed by atoms with Crippen LogP contribution in [0.3, 0.4) is 0 Å². The van der Waals surface area contributed by atoms with E-state index in [-0.39, 0.29) is 0 Å². The molecule has 2 heteroatoms. The molecule has 0 spiro atoms. The van der Waals surface area contributed by atoms with Gasteiger partial charge < -0.3 is 0 Å². The highest BCUT2D eigenvalue weighted by molar-refractivity contribution is 6.05. The molecule has 4 aromatic rings. The highest BCUT2D eigenvalue weighted by atomic mass is 14.9. The van der Waals surface area contributed by atoms with Gasteiger partial charge in [-0.1, -0.05) is 54.1 Å². The van der Waals surface area contributed by atoms with Gasteiger partial charge in [0.1, 0.15) is 0 Å². The lowest BCUT2D eigenvalue weighted by molar-refractivity contribution is 1.23. The number of hydrogen-bond donors (Lipinski definition) is 0. The number of fused-ring (bicyclic) bond motifs is 3. The third-order valence-electron chi connectivity index (χ3n) is 3.77. The number of hydrogen-bond acceptors (Lipinski definition) is 2. The molecule has 0 bridgehead atoms. The van der Waals surface area contributed by atoms with E-state index >= 15 is 0 Å². The molecule has 0 saturated carbocycles. The molecule has 0 saturated heterocycles. The number of aromatic nitrogens is 2. The highest BCUT2D eigenvalue weighted by Crippen LogP contribution is 2.25. The molecule has 1 aromatic heterocycles. The van der Waals surface area contributed by atoms with Crippen molar-refractivity contribution in [1.29, 1.82) is 0 Å². The second kappa shape index (κ2) is 4.67. The highest BCUT2D eigenvalue weighted by Gasteiger charge is 2.05. The van der Waals surface area contributed by atoms with Crippen LogP contribution in [0.4, 0.5) is 0 Å². The summed E-state index contributed by atoms with van der Waals surface area (Å²) in [5.74, 6) is 0.779. The average molecular weight is 270 g/mol. The summed E-state index contributed by atoms with van der Waals surface area (Å²) >= 11 is 0. The molecule has 0 aliphatic carbocycles. The maximum Gasteiger partial charge on any atom is 0.159 e. The summed E-state index contributed by atoms with van der Waals surface area (Å²) in [6.07, 6.45) is 1.93.